The van der Waals surface area contributed by atoms with Gasteiger partial charge in [-0.05, 0) is 11.1 Å². The number of rotatable bonds is 7. The molecule has 1 N–H and O–H groups in total. The highest BCUT2D eigenvalue weighted by molar-refractivity contribution is 5.26. The molecule has 0 spiro atoms. The minimum atomic E-state index is 0.654. The van der Waals surface area contributed by atoms with Crippen molar-refractivity contribution in [2.45, 2.75) is 19.6 Å². The molecule has 0 aliphatic rings. The molecule has 0 radical (unpaired) electrons. The monoisotopic (exact) mass is 260 g/mol. The van der Waals surface area contributed by atoms with Gasteiger partial charge in [0.1, 0.15) is 12.2 Å². The van der Waals surface area contributed by atoms with E-state index in [0.717, 1.165) is 25.3 Å². The number of aryl methyl sites for hydroxylation is 1. The lowest BCUT2D eigenvalue weighted by atomic mass is 10.1. The van der Waals surface area contributed by atoms with Crippen molar-refractivity contribution in [3.05, 3.63) is 47.5 Å². The standard InChI is InChI=1S/C14H20N4O/c1-18-11-16-17-14(18)7-8-15-9-12-5-3-4-6-13(12)10-19-2/h3-6,11,15H,7-10H2,1-2H3. The lowest BCUT2D eigenvalue weighted by Gasteiger charge is -2.09. The Morgan fingerprint density at radius 1 is 1.26 bits per heavy atom. The largest absolute Gasteiger partial charge is 0.380 e. The van der Waals surface area contributed by atoms with Crippen molar-refractivity contribution in [1.29, 1.82) is 0 Å². The minimum Gasteiger partial charge on any atom is -0.380 e. The summed E-state index contributed by atoms with van der Waals surface area (Å²) < 4.78 is 7.15. The average molecular weight is 260 g/mol. The Morgan fingerprint density at radius 2 is 2.05 bits per heavy atom. The van der Waals surface area contributed by atoms with E-state index >= 15 is 0 Å². The maximum atomic E-state index is 5.20. The van der Waals surface area contributed by atoms with Gasteiger partial charge in [-0.15, -0.1) is 10.2 Å². The first-order chi connectivity index (χ1) is 9.31. The lowest BCUT2D eigenvalue weighted by Crippen LogP contribution is -2.19. The van der Waals surface area contributed by atoms with Crippen molar-refractivity contribution in [3.8, 4) is 0 Å². The Kier molecular flexibility index (Phi) is 5.06. The molecule has 1 heterocycles. The Morgan fingerprint density at radius 3 is 2.74 bits per heavy atom. The van der Waals surface area contributed by atoms with Crippen LogP contribution in [0.2, 0.25) is 0 Å². The number of nitrogens with zero attached hydrogens (tertiary/aromatic N) is 3. The van der Waals surface area contributed by atoms with Crippen LogP contribution in [0.4, 0.5) is 0 Å². The van der Waals surface area contributed by atoms with E-state index in [4.69, 9.17) is 4.74 Å². The molecule has 5 nitrogen and oxygen atoms in total. The van der Waals surface area contributed by atoms with Gasteiger partial charge in [0.2, 0.25) is 0 Å². The zero-order valence-electron chi connectivity index (χ0n) is 11.5. The zero-order valence-corrected chi connectivity index (χ0v) is 11.5. The molecule has 0 aliphatic carbocycles. The van der Waals surface area contributed by atoms with Crippen LogP contribution in [0.15, 0.2) is 30.6 Å². The summed E-state index contributed by atoms with van der Waals surface area (Å²) in [7, 11) is 3.68. The molecule has 0 bridgehead atoms. The van der Waals surface area contributed by atoms with E-state index in [1.165, 1.54) is 11.1 Å². The summed E-state index contributed by atoms with van der Waals surface area (Å²) in [4.78, 5) is 0. The predicted octanol–water partition coefficient (Wildman–Crippen LogP) is 1.29. The zero-order chi connectivity index (χ0) is 13.5. The summed E-state index contributed by atoms with van der Waals surface area (Å²) in [5.41, 5.74) is 2.51. The fraction of sp³-hybridized carbons (Fsp3) is 0.429. The average Bonchev–Trinajstić information content (AvgIpc) is 2.82. The molecule has 0 aliphatic heterocycles. The molecule has 0 amide bonds. The van der Waals surface area contributed by atoms with Crippen molar-refractivity contribution in [3.63, 3.8) is 0 Å². The van der Waals surface area contributed by atoms with Gasteiger partial charge < -0.3 is 14.6 Å². The van der Waals surface area contributed by atoms with Gasteiger partial charge in [-0.25, -0.2) is 0 Å². The second-order valence-corrected chi connectivity index (χ2v) is 4.49. The van der Waals surface area contributed by atoms with Crippen LogP contribution >= 0.6 is 0 Å². The van der Waals surface area contributed by atoms with E-state index in [1.54, 1.807) is 13.4 Å². The van der Waals surface area contributed by atoms with E-state index < -0.39 is 0 Å². The molecule has 2 rings (SSSR count). The summed E-state index contributed by atoms with van der Waals surface area (Å²) in [5.74, 6) is 0.998. The fourth-order valence-electron chi connectivity index (χ4n) is 1.98. The molecular weight excluding hydrogens is 240 g/mol. The summed E-state index contributed by atoms with van der Waals surface area (Å²) >= 11 is 0. The van der Waals surface area contributed by atoms with Crippen LogP contribution in [0.1, 0.15) is 17.0 Å². The predicted molar refractivity (Wildman–Crippen MR) is 73.6 cm³/mol. The SMILES string of the molecule is COCc1ccccc1CNCCc1nncn1C. The molecule has 5 heteroatoms. The maximum absolute atomic E-state index is 5.20. The normalized spacial score (nSPS) is 10.8. The van der Waals surface area contributed by atoms with Gasteiger partial charge in [-0.1, -0.05) is 24.3 Å². The molecule has 0 unspecified atom stereocenters. The van der Waals surface area contributed by atoms with Gasteiger partial charge in [0.05, 0.1) is 6.61 Å². The van der Waals surface area contributed by atoms with Crippen LogP contribution in [-0.2, 0) is 31.4 Å². The number of hydrogen-bond donors (Lipinski definition) is 1. The van der Waals surface area contributed by atoms with Crippen molar-refractivity contribution in [2.24, 2.45) is 7.05 Å². The number of benzene rings is 1. The van der Waals surface area contributed by atoms with E-state index in [0.29, 0.717) is 6.61 Å². The van der Waals surface area contributed by atoms with Gasteiger partial charge in [0, 0.05) is 33.7 Å². The Bertz CT molecular complexity index is 510. The summed E-state index contributed by atoms with van der Waals surface area (Å²) in [6.45, 7) is 2.38. The van der Waals surface area contributed by atoms with Gasteiger partial charge in [0.15, 0.2) is 0 Å². The Balaban J connectivity index is 1.81. The summed E-state index contributed by atoms with van der Waals surface area (Å²) in [6.07, 6.45) is 2.60. The third-order valence-electron chi connectivity index (χ3n) is 3.06. The molecule has 1 aromatic heterocycles. The number of aromatic nitrogens is 3. The maximum Gasteiger partial charge on any atom is 0.133 e. The third kappa shape index (κ3) is 3.87. The highest BCUT2D eigenvalue weighted by Gasteiger charge is 2.02. The quantitative estimate of drug-likeness (QED) is 0.762. The number of nitrogens with one attached hydrogen (secondary N) is 1. The smallest absolute Gasteiger partial charge is 0.133 e. The van der Waals surface area contributed by atoms with Crippen LogP contribution in [0.3, 0.4) is 0 Å². The Labute approximate surface area is 113 Å². The van der Waals surface area contributed by atoms with Crippen LogP contribution in [-0.4, -0.2) is 28.4 Å². The van der Waals surface area contributed by atoms with Crippen molar-refractivity contribution in [2.75, 3.05) is 13.7 Å². The highest BCUT2D eigenvalue weighted by Crippen LogP contribution is 2.09. The van der Waals surface area contributed by atoms with Gasteiger partial charge >= 0.3 is 0 Å². The molecular formula is C14H20N4O. The summed E-state index contributed by atoms with van der Waals surface area (Å²) in [6, 6.07) is 8.32. The lowest BCUT2D eigenvalue weighted by molar-refractivity contribution is 0.184. The van der Waals surface area contributed by atoms with Crippen LogP contribution in [0.25, 0.3) is 0 Å². The van der Waals surface area contributed by atoms with E-state index in [1.807, 2.05) is 17.7 Å². The van der Waals surface area contributed by atoms with Gasteiger partial charge in [-0.3, -0.25) is 0 Å². The molecule has 102 valence electrons. The Hall–Kier alpha value is -1.72. The molecule has 0 saturated carbocycles. The molecule has 19 heavy (non-hydrogen) atoms. The van der Waals surface area contributed by atoms with E-state index in [-0.39, 0.29) is 0 Å². The second-order valence-electron chi connectivity index (χ2n) is 4.49. The number of hydrogen-bond acceptors (Lipinski definition) is 4. The van der Waals surface area contributed by atoms with Gasteiger partial charge in [0.25, 0.3) is 0 Å². The van der Waals surface area contributed by atoms with Gasteiger partial charge in [-0.2, -0.15) is 0 Å². The topological polar surface area (TPSA) is 52.0 Å². The van der Waals surface area contributed by atoms with Crippen molar-refractivity contribution < 1.29 is 4.74 Å². The van der Waals surface area contributed by atoms with E-state index in [9.17, 15) is 0 Å². The van der Waals surface area contributed by atoms with Crippen LogP contribution in [0, 0.1) is 0 Å². The molecule has 1 aromatic carbocycles. The number of methoxy groups -OCH3 is 1. The minimum absolute atomic E-state index is 0.654. The van der Waals surface area contributed by atoms with Crippen LogP contribution in [0.5, 0.6) is 0 Å². The first-order valence-electron chi connectivity index (χ1n) is 6.40. The highest BCUT2D eigenvalue weighted by atomic mass is 16.5. The first-order valence-corrected chi connectivity index (χ1v) is 6.40. The molecule has 0 saturated heterocycles. The van der Waals surface area contributed by atoms with E-state index in [2.05, 4.69) is 33.7 Å². The molecule has 2 aromatic rings. The first kappa shape index (κ1) is 13.7. The molecule has 0 atom stereocenters. The fourth-order valence-corrected chi connectivity index (χ4v) is 1.98. The third-order valence-corrected chi connectivity index (χ3v) is 3.06. The van der Waals surface area contributed by atoms with Crippen LogP contribution < -0.4 is 5.32 Å². The van der Waals surface area contributed by atoms with Crippen molar-refractivity contribution in [1.82, 2.24) is 20.1 Å². The van der Waals surface area contributed by atoms with Crippen molar-refractivity contribution >= 4 is 0 Å². The molecule has 0 fully saturated rings. The summed E-state index contributed by atoms with van der Waals surface area (Å²) in [5, 5.41) is 11.4. The second kappa shape index (κ2) is 7.01. The number of ether oxygens (including phenoxy) is 1.